The van der Waals surface area contributed by atoms with Gasteiger partial charge in [0, 0.05) is 19.3 Å². The van der Waals surface area contributed by atoms with Crippen LogP contribution >= 0.6 is 11.8 Å². The molecule has 10 heteroatoms. The van der Waals surface area contributed by atoms with Crippen LogP contribution in [0.2, 0.25) is 0 Å². The molecule has 0 fully saturated rings. The molecule has 0 spiro atoms. The summed E-state index contributed by atoms with van der Waals surface area (Å²) in [4.78, 5) is 23.6. The second-order valence-corrected chi connectivity index (χ2v) is 5.50. The van der Waals surface area contributed by atoms with Crippen LogP contribution in [-0.2, 0) is 13.6 Å². The fourth-order valence-corrected chi connectivity index (χ4v) is 2.77. The molecule has 3 N–H and O–H groups in total. The maximum absolute atomic E-state index is 11.2. The van der Waals surface area contributed by atoms with Gasteiger partial charge in [-0.3, -0.25) is 4.57 Å². The second kappa shape index (κ2) is 5.56. The van der Waals surface area contributed by atoms with Crippen molar-refractivity contribution in [1.29, 1.82) is 0 Å². The number of fused-ring (bicyclic) bond motifs is 1. The first-order chi connectivity index (χ1) is 10.2. The van der Waals surface area contributed by atoms with E-state index in [0.29, 0.717) is 16.5 Å². The molecule has 0 aliphatic carbocycles. The van der Waals surface area contributed by atoms with Gasteiger partial charge in [0.2, 0.25) is 0 Å². The first-order valence-electron chi connectivity index (χ1n) is 6.32. The number of anilines is 1. The maximum Gasteiger partial charge on any atom is 0.343 e. The van der Waals surface area contributed by atoms with E-state index in [1.54, 1.807) is 13.4 Å². The minimum Gasteiger partial charge on any atom is -0.382 e. The van der Waals surface area contributed by atoms with Crippen LogP contribution in [0.25, 0.3) is 11.2 Å². The number of nitrogens with zero attached hydrogens (tertiary/aromatic N) is 6. The van der Waals surface area contributed by atoms with Gasteiger partial charge in [0.05, 0.1) is 6.33 Å². The number of thioether (sulfide) groups is 1. The predicted octanol–water partition coefficient (Wildman–Crippen LogP) is 0.0127. The average Bonchev–Trinajstić information content (AvgIpc) is 3.03. The molecule has 0 aliphatic heterocycles. The Kier molecular flexibility index (Phi) is 3.60. The molecule has 3 aromatic heterocycles. The van der Waals surface area contributed by atoms with E-state index in [0.717, 1.165) is 24.4 Å². The first kappa shape index (κ1) is 13.6. The molecule has 0 aliphatic rings. The Bertz CT molecular complexity index is 819. The highest BCUT2D eigenvalue weighted by Gasteiger charge is 2.08. The Balaban J connectivity index is 1.61. The van der Waals surface area contributed by atoms with E-state index in [1.807, 2.05) is 4.57 Å². The van der Waals surface area contributed by atoms with E-state index in [9.17, 15) is 4.79 Å². The standard InChI is InChI=1S/C11H14N8OS/c1-18-10(20)16-17-11(18)21-4-2-3-19-6-15-7-8(12)13-5-14-9(7)19/h5-6H,2-4H2,1H3,(H,16,20)(H2,12,13,14). The van der Waals surface area contributed by atoms with Crippen LogP contribution in [0.4, 0.5) is 5.82 Å². The van der Waals surface area contributed by atoms with Gasteiger partial charge in [-0.2, -0.15) is 0 Å². The molecule has 0 radical (unpaired) electrons. The molecule has 0 aromatic carbocycles. The summed E-state index contributed by atoms with van der Waals surface area (Å²) in [5.74, 6) is 1.22. The van der Waals surface area contributed by atoms with Crippen molar-refractivity contribution in [3.05, 3.63) is 23.1 Å². The van der Waals surface area contributed by atoms with Gasteiger partial charge in [-0.05, 0) is 6.42 Å². The highest BCUT2D eigenvalue weighted by Crippen LogP contribution is 2.17. The van der Waals surface area contributed by atoms with Crippen molar-refractivity contribution in [2.24, 2.45) is 7.05 Å². The summed E-state index contributed by atoms with van der Waals surface area (Å²) in [6.45, 7) is 0.762. The summed E-state index contributed by atoms with van der Waals surface area (Å²) < 4.78 is 3.43. The van der Waals surface area contributed by atoms with Gasteiger partial charge >= 0.3 is 5.69 Å². The Hall–Kier alpha value is -2.36. The van der Waals surface area contributed by atoms with E-state index in [2.05, 4.69) is 25.1 Å². The molecule has 3 aromatic rings. The van der Waals surface area contributed by atoms with E-state index in [4.69, 9.17) is 5.73 Å². The first-order valence-corrected chi connectivity index (χ1v) is 7.31. The number of aryl methyl sites for hydroxylation is 1. The van der Waals surface area contributed by atoms with Gasteiger partial charge in [-0.1, -0.05) is 11.8 Å². The summed E-state index contributed by atoms with van der Waals surface area (Å²) >= 11 is 1.53. The molecule has 21 heavy (non-hydrogen) atoms. The molecule has 0 saturated heterocycles. The third kappa shape index (κ3) is 2.61. The largest absolute Gasteiger partial charge is 0.382 e. The fraction of sp³-hybridized carbons (Fsp3) is 0.364. The smallest absolute Gasteiger partial charge is 0.343 e. The molecule has 3 heterocycles. The van der Waals surface area contributed by atoms with E-state index in [-0.39, 0.29) is 5.69 Å². The number of aromatic nitrogens is 7. The van der Waals surface area contributed by atoms with Crippen LogP contribution in [0.15, 0.2) is 22.6 Å². The zero-order valence-electron chi connectivity index (χ0n) is 11.4. The van der Waals surface area contributed by atoms with Crippen molar-refractivity contribution < 1.29 is 0 Å². The molecule has 0 unspecified atom stereocenters. The van der Waals surface area contributed by atoms with E-state index >= 15 is 0 Å². The minimum absolute atomic E-state index is 0.203. The van der Waals surface area contributed by atoms with Crippen LogP contribution in [0, 0.1) is 0 Å². The van der Waals surface area contributed by atoms with Crippen LogP contribution < -0.4 is 11.4 Å². The maximum atomic E-state index is 11.2. The van der Waals surface area contributed by atoms with E-state index in [1.165, 1.54) is 22.7 Å². The van der Waals surface area contributed by atoms with Crippen molar-refractivity contribution in [2.75, 3.05) is 11.5 Å². The Morgan fingerprint density at radius 2 is 2.24 bits per heavy atom. The monoisotopic (exact) mass is 306 g/mol. The molecule has 3 rings (SSSR count). The Labute approximate surface area is 123 Å². The highest BCUT2D eigenvalue weighted by atomic mass is 32.2. The summed E-state index contributed by atoms with van der Waals surface area (Å²) in [7, 11) is 1.69. The number of imidazole rings is 1. The summed E-state index contributed by atoms with van der Waals surface area (Å²) in [5, 5.41) is 7.04. The summed E-state index contributed by atoms with van der Waals surface area (Å²) in [6, 6.07) is 0. The third-order valence-corrected chi connectivity index (χ3v) is 4.16. The molecular formula is C11H14N8OS. The van der Waals surface area contributed by atoms with Crippen molar-refractivity contribution in [3.8, 4) is 0 Å². The summed E-state index contributed by atoms with van der Waals surface area (Å²) in [5.41, 5.74) is 6.90. The quantitative estimate of drug-likeness (QED) is 0.503. The Morgan fingerprint density at radius 3 is 3.00 bits per heavy atom. The van der Waals surface area contributed by atoms with E-state index < -0.39 is 0 Å². The van der Waals surface area contributed by atoms with Gasteiger partial charge in [-0.25, -0.2) is 24.8 Å². The van der Waals surface area contributed by atoms with Crippen molar-refractivity contribution in [3.63, 3.8) is 0 Å². The van der Waals surface area contributed by atoms with Crippen molar-refractivity contribution in [1.82, 2.24) is 34.3 Å². The number of hydrogen-bond donors (Lipinski definition) is 2. The average molecular weight is 306 g/mol. The lowest BCUT2D eigenvalue weighted by Gasteiger charge is -2.03. The molecule has 9 nitrogen and oxygen atoms in total. The third-order valence-electron chi connectivity index (χ3n) is 3.04. The van der Waals surface area contributed by atoms with Crippen LogP contribution in [0.3, 0.4) is 0 Å². The van der Waals surface area contributed by atoms with Gasteiger partial charge < -0.3 is 10.3 Å². The SMILES string of the molecule is Cn1c(SCCCn2cnc3c(N)ncnc32)n[nH]c1=O. The lowest BCUT2D eigenvalue weighted by Crippen LogP contribution is -2.13. The lowest BCUT2D eigenvalue weighted by atomic mass is 10.4. The Morgan fingerprint density at radius 1 is 1.38 bits per heavy atom. The van der Waals surface area contributed by atoms with Crippen LogP contribution in [0.1, 0.15) is 6.42 Å². The zero-order valence-corrected chi connectivity index (χ0v) is 12.2. The number of H-pyrrole nitrogens is 1. The van der Waals surface area contributed by atoms with Gasteiger partial charge in [0.1, 0.15) is 11.8 Å². The topological polar surface area (TPSA) is 120 Å². The zero-order chi connectivity index (χ0) is 14.8. The summed E-state index contributed by atoms with van der Waals surface area (Å²) in [6.07, 6.45) is 4.04. The number of hydrogen-bond acceptors (Lipinski definition) is 7. The minimum atomic E-state index is -0.203. The van der Waals surface area contributed by atoms with Crippen LogP contribution in [0.5, 0.6) is 0 Å². The number of nitrogens with one attached hydrogen (secondary N) is 1. The van der Waals surface area contributed by atoms with Gasteiger partial charge in [0.25, 0.3) is 0 Å². The number of nitrogens with two attached hydrogens (primary N) is 1. The van der Waals surface area contributed by atoms with Gasteiger partial charge in [0.15, 0.2) is 16.6 Å². The van der Waals surface area contributed by atoms with Gasteiger partial charge in [-0.15, -0.1) is 5.10 Å². The normalized spacial score (nSPS) is 11.3. The molecular weight excluding hydrogens is 292 g/mol. The molecule has 0 amide bonds. The highest BCUT2D eigenvalue weighted by molar-refractivity contribution is 7.99. The predicted molar refractivity (Wildman–Crippen MR) is 78.9 cm³/mol. The molecule has 0 bridgehead atoms. The number of aromatic amines is 1. The number of nitrogen functional groups attached to an aromatic ring is 1. The molecule has 0 saturated carbocycles. The van der Waals surface area contributed by atoms with Crippen molar-refractivity contribution in [2.45, 2.75) is 18.1 Å². The van der Waals surface area contributed by atoms with Crippen LogP contribution in [-0.4, -0.2) is 40.0 Å². The molecule has 0 atom stereocenters. The van der Waals surface area contributed by atoms with Crippen molar-refractivity contribution >= 4 is 28.7 Å². The fourth-order valence-electron chi connectivity index (χ4n) is 1.92. The lowest BCUT2D eigenvalue weighted by molar-refractivity contribution is 0.693. The number of rotatable bonds is 5. The molecule has 110 valence electrons. The second-order valence-electron chi connectivity index (χ2n) is 4.44.